The summed E-state index contributed by atoms with van der Waals surface area (Å²) in [6.45, 7) is 5.11. The Balaban J connectivity index is 1.73. The van der Waals surface area contributed by atoms with E-state index in [2.05, 4.69) is 26.6 Å². The molecule has 1 aliphatic carbocycles. The number of pyridine rings is 1. The molecule has 2 heterocycles. The quantitative estimate of drug-likeness (QED) is 0.604. The van der Waals surface area contributed by atoms with E-state index in [9.17, 15) is 17.6 Å². The molecule has 1 aliphatic rings. The van der Waals surface area contributed by atoms with Crippen LogP contribution in [0, 0.1) is 12.7 Å². The van der Waals surface area contributed by atoms with Crippen LogP contribution < -0.4 is 15.6 Å². The summed E-state index contributed by atoms with van der Waals surface area (Å²) in [5.41, 5.74) is 1.06. The Morgan fingerprint density at radius 3 is 2.68 bits per heavy atom. The summed E-state index contributed by atoms with van der Waals surface area (Å²) in [7, 11) is -3.68. The Labute approximate surface area is 178 Å². The standard InChI is InChI=1S/C21H22FN5O3S/c1-3-24-31(29,30)15-8-9-18(13(2)10-15)25-21-23-12-16-17(22)11-19(28)27(20(16)26-21)14-6-4-5-7-14/h3,8-12,14,24H,1,4-7H2,2H3,(H,23,25,26). The number of rotatable bonds is 6. The van der Waals surface area contributed by atoms with Gasteiger partial charge in [-0.3, -0.25) is 14.1 Å². The van der Waals surface area contributed by atoms with Crippen molar-refractivity contribution in [3.05, 3.63) is 65.0 Å². The zero-order chi connectivity index (χ0) is 22.2. The SMILES string of the molecule is C=CNS(=O)(=O)c1ccc(Nc2ncc3c(F)cc(=O)n(C4CCCC4)c3n2)c(C)c1. The van der Waals surface area contributed by atoms with Crippen molar-refractivity contribution in [1.29, 1.82) is 0 Å². The maximum absolute atomic E-state index is 14.4. The number of hydrogen-bond donors (Lipinski definition) is 2. The summed E-state index contributed by atoms with van der Waals surface area (Å²) >= 11 is 0. The summed E-state index contributed by atoms with van der Waals surface area (Å²) in [6.07, 6.45) is 6.18. The van der Waals surface area contributed by atoms with Crippen LogP contribution in [0.25, 0.3) is 11.0 Å². The van der Waals surface area contributed by atoms with Crippen molar-refractivity contribution >= 4 is 32.7 Å². The molecule has 10 heteroatoms. The lowest BCUT2D eigenvalue weighted by Gasteiger charge is -2.17. The van der Waals surface area contributed by atoms with Crippen molar-refractivity contribution in [3.8, 4) is 0 Å². The van der Waals surface area contributed by atoms with E-state index >= 15 is 0 Å². The van der Waals surface area contributed by atoms with E-state index in [0.29, 0.717) is 11.3 Å². The monoisotopic (exact) mass is 443 g/mol. The highest BCUT2D eigenvalue weighted by Crippen LogP contribution is 2.31. The first-order chi connectivity index (χ1) is 14.8. The molecule has 162 valence electrons. The Hall–Kier alpha value is -3.27. The molecule has 0 amide bonds. The first kappa shape index (κ1) is 21.0. The highest BCUT2D eigenvalue weighted by Gasteiger charge is 2.22. The minimum atomic E-state index is -3.68. The van der Waals surface area contributed by atoms with Gasteiger partial charge in [0.25, 0.3) is 15.6 Å². The molecule has 1 fully saturated rings. The first-order valence-corrected chi connectivity index (χ1v) is 11.4. The van der Waals surface area contributed by atoms with Crippen LogP contribution in [0.1, 0.15) is 37.3 Å². The molecule has 0 aliphatic heterocycles. The van der Waals surface area contributed by atoms with Crippen molar-refractivity contribution in [2.24, 2.45) is 0 Å². The van der Waals surface area contributed by atoms with Crippen LogP contribution in [0.4, 0.5) is 16.0 Å². The number of hydrogen-bond acceptors (Lipinski definition) is 6. The number of aromatic nitrogens is 3. The molecule has 31 heavy (non-hydrogen) atoms. The second-order valence-corrected chi connectivity index (χ2v) is 9.21. The van der Waals surface area contributed by atoms with Crippen LogP contribution in [-0.4, -0.2) is 23.0 Å². The van der Waals surface area contributed by atoms with Gasteiger partial charge in [-0.15, -0.1) is 0 Å². The van der Waals surface area contributed by atoms with Crippen molar-refractivity contribution in [3.63, 3.8) is 0 Å². The van der Waals surface area contributed by atoms with Crippen LogP contribution >= 0.6 is 0 Å². The highest BCUT2D eigenvalue weighted by molar-refractivity contribution is 7.89. The number of halogens is 1. The van der Waals surface area contributed by atoms with Crippen LogP contribution in [0.3, 0.4) is 0 Å². The average Bonchev–Trinajstić information content (AvgIpc) is 3.23. The molecular weight excluding hydrogens is 421 g/mol. The normalized spacial score (nSPS) is 14.6. The summed E-state index contributed by atoms with van der Waals surface area (Å²) in [6, 6.07) is 5.51. The lowest BCUT2D eigenvalue weighted by Crippen LogP contribution is -2.25. The third-order valence-electron chi connectivity index (χ3n) is 5.42. The summed E-state index contributed by atoms with van der Waals surface area (Å²) < 4.78 is 42.4. The average molecular weight is 444 g/mol. The molecule has 1 aromatic carbocycles. The maximum atomic E-state index is 14.4. The number of sulfonamides is 1. The van der Waals surface area contributed by atoms with Gasteiger partial charge in [-0.25, -0.2) is 17.8 Å². The predicted molar refractivity (Wildman–Crippen MR) is 116 cm³/mol. The van der Waals surface area contributed by atoms with Crippen molar-refractivity contribution in [2.75, 3.05) is 5.32 Å². The van der Waals surface area contributed by atoms with Gasteiger partial charge < -0.3 is 5.32 Å². The van der Waals surface area contributed by atoms with Gasteiger partial charge in [0.05, 0.1) is 10.3 Å². The number of aryl methyl sites for hydroxylation is 1. The zero-order valence-corrected chi connectivity index (χ0v) is 17.7. The number of nitrogens with one attached hydrogen (secondary N) is 2. The van der Waals surface area contributed by atoms with Gasteiger partial charge in [-0.2, -0.15) is 4.98 Å². The van der Waals surface area contributed by atoms with Crippen LogP contribution in [0.2, 0.25) is 0 Å². The Kier molecular flexibility index (Phi) is 5.48. The third kappa shape index (κ3) is 4.02. The van der Waals surface area contributed by atoms with Gasteiger partial charge in [0.15, 0.2) is 5.65 Å². The van der Waals surface area contributed by atoms with Gasteiger partial charge >= 0.3 is 0 Å². The fraction of sp³-hybridized carbons (Fsp3) is 0.286. The van der Waals surface area contributed by atoms with Crippen LogP contribution in [-0.2, 0) is 10.0 Å². The first-order valence-electron chi connectivity index (χ1n) is 9.89. The number of benzene rings is 1. The molecule has 0 atom stereocenters. The minimum Gasteiger partial charge on any atom is -0.324 e. The van der Waals surface area contributed by atoms with E-state index < -0.39 is 21.4 Å². The smallest absolute Gasteiger partial charge is 0.261 e. The summed E-state index contributed by atoms with van der Waals surface area (Å²) in [5, 5.41) is 3.22. The molecular formula is C21H22FN5O3S. The maximum Gasteiger partial charge on any atom is 0.261 e. The van der Waals surface area contributed by atoms with Gasteiger partial charge in [0, 0.05) is 30.2 Å². The second-order valence-electron chi connectivity index (χ2n) is 7.50. The van der Waals surface area contributed by atoms with Crippen LogP contribution in [0.5, 0.6) is 0 Å². The largest absolute Gasteiger partial charge is 0.324 e. The van der Waals surface area contributed by atoms with Crippen LogP contribution in [0.15, 0.2) is 52.9 Å². The second kappa shape index (κ2) is 8.10. The van der Waals surface area contributed by atoms with Crippen molar-refractivity contribution in [2.45, 2.75) is 43.5 Å². The molecule has 4 rings (SSSR count). The van der Waals surface area contributed by atoms with Gasteiger partial charge in [-0.1, -0.05) is 19.4 Å². The van der Waals surface area contributed by atoms with E-state index in [-0.39, 0.29) is 27.9 Å². The molecule has 2 aromatic heterocycles. The Bertz CT molecular complexity index is 1330. The van der Waals surface area contributed by atoms with E-state index in [1.54, 1.807) is 17.6 Å². The van der Waals surface area contributed by atoms with E-state index in [1.807, 2.05) is 0 Å². The Morgan fingerprint density at radius 2 is 2.00 bits per heavy atom. The van der Waals surface area contributed by atoms with E-state index in [1.165, 1.54) is 18.3 Å². The lowest BCUT2D eigenvalue weighted by atomic mass is 10.2. The minimum absolute atomic E-state index is 0.0121. The zero-order valence-electron chi connectivity index (χ0n) is 16.9. The fourth-order valence-corrected chi connectivity index (χ4v) is 4.84. The third-order valence-corrected chi connectivity index (χ3v) is 6.78. The van der Waals surface area contributed by atoms with Gasteiger partial charge in [-0.05, 0) is 43.5 Å². The van der Waals surface area contributed by atoms with E-state index in [0.717, 1.165) is 37.9 Å². The van der Waals surface area contributed by atoms with E-state index in [4.69, 9.17) is 0 Å². The lowest BCUT2D eigenvalue weighted by molar-refractivity contribution is 0.510. The molecule has 0 unspecified atom stereocenters. The van der Waals surface area contributed by atoms with Crippen molar-refractivity contribution in [1.82, 2.24) is 19.3 Å². The number of fused-ring (bicyclic) bond motifs is 1. The van der Waals surface area contributed by atoms with Crippen molar-refractivity contribution < 1.29 is 12.8 Å². The Morgan fingerprint density at radius 1 is 1.26 bits per heavy atom. The number of anilines is 2. The molecule has 0 saturated heterocycles. The molecule has 2 N–H and O–H groups in total. The fourth-order valence-electron chi connectivity index (χ4n) is 3.90. The highest BCUT2D eigenvalue weighted by atomic mass is 32.2. The molecule has 0 bridgehead atoms. The molecule has 0 spiro atoms. The van der Waals surface area contributed by atoms with Gasteiger partial charge in [0.1, 0.15) is 5.82 Å². The van der Waals surface area contributed by atoms with Gasteiger partial charge in [0.2, 0.25) is 5.95 Å². The molecule has 8 nitrogen and oxygen atoms in total. The number of nitrogens with zero attached hydrogens (tertiary/aromatic N) is 3. The predicted octanol–water partition coefficient (Wildman–Crippen LogP) is 3.52. The summed E-state index contributed by atoms with van der Waals surface area (Å²) in [5.74, 6) is -0.464. The molecule has 0 radical (unpaired) electrons. The topological polar surface area (TPSA) is 106 Å². The molecule has 3 aromatic rings. The summed E-state index contributed by atoms with van der Waals surface area (Å²) in [4.78, 5) is 21.2. The molecule has 1 saturated carbocycles.